The highest BCUT2D eigenvalue weighted by atomic mass is 19.1. The molecule has 0 aliphatic heterocycles. The molecule has 1 saturated carbocycles. The molecule has 0 bridgehead atoms. The molecule has 0 saturated heterocycles. The maximum absolute atomic E-state index is 13.3. The summed E-state index contributed by atoms with van der Waals surface area (Å²) >= 11 is 0. The van der Waals surface area contributed by atoms with E-state index >= 15 is 0 Å². The van der Waals surface area contributed by atoms with Crippen molar-refractivity contribution in [2.24, 2.45) is 5.73 Å². The second-order valence-electron chi connectivity index (χ2n) is 4.09. The summed E-state index contributed by atoms with van der Waals surface area (Å²) in [5, 5.41) is 20.1. The lowest BCUT2D eigenvalue weighted by Crippen LogP contribution is -2.43. The number of nitrogens with zero attached hydrogens (tertiary/aromatic N) is 1. The zero-order chi connectivity index (χ0) is 11.9. The number of hydrogen-bond donors (Lipinski definition) is 2. The molecule has 0 spiro atoms. The molecular formula is C10H11FN2O3. The monoisotopic (exact) mass is 226 g/mol. The summed E-state index contributed by atoms with van der Waals surface area (Å²) in [7, 11) is 0. The fourth-order valence-corrected chi connectivity index (χ4v) is 1.90. The molecule has 2 rings (SSSR count). The smallest absolute Gasteiger partial charge is 0.272 e. The molecule has 1 fully saturated rings. The number of rotatable bonds is 2. The van der Waals surface area contributed by atoms with E-state index in [0.29, 0.717) is 18.9 Å². The highest BCUT2D eigenvalue weighted by Gasteiger charge is 2.38. The van der Waals surface area contributed by atoms with E-state index in [1.807, 2.05) is 0 Å². The van der Waals surface area contributed by atoms with Crippen molar-refractivity contribution in [3.05, 3.63) is 33.6 Å². The number of nitrogens with two attached hydrogens (primary N) is 1. The van der Waals surface area contributed by atoms with Gasteiger partial charge in [-0.25, -0.2) is 4.39 Å². The van der Waals surface area contributed by atoms with Gasteiger partial charge in [-0.2, -0.15) is 0 Å². The Kier molecular flexibility index (Phi) is 2.31. The van der Waals surface area contributed by atoms with Crippen LogP contribution < -0.4 is 5.73 Å². The summed E-state index contributed by atoms with van der Waals surface area (Å²) in [6.45, 7) is 0. The minimum absolute atomic E-state index is 0.130. The van der Waals surface area contributed by atoms with Crippen molar-refractivity contribution in [3.63, 3.8) is 0 Å². The number of phenolic OH excluding ortho intramolecular Hbond substituents is 1. The van der Waals surface area contributed by atoms with Crippen LogP contribution in [0.3, 0.4) is 0 Å². The van der Waals surface area contributed by atoms with Gasteiger partial charge in [-0.15, -0.1) is 0 Å². The Balaban J connectivity index is 2.55. The molecule has 1 aliphatic carbocycles. The van der Waals surface area contributed by atoms with Gasteiger partial charge in [0.1, 0.15) is 0 Å². The number of phenols is 1. The van der Waals surface area contributed by atoms with Crippen molar-refractivity contribution in [2.45, 2.75) is 24.8 Å². The average Bonchev–Trinajstić information content (AvgIpc) is 2.18. The van der Waals surface area contributed by atoms with Crippen molar-refractivity contribution in [2.75, 3.05) is 0 Å². The van der Waals surface area contributed by atoms with Crippen molar-refractivity contribution in [1.82, 2.24) is 0 Å². The summed E-state index contributed by atoms with van der Waals surface area (Å²) in [6.07, 6.45) is 2.07. The third-order valence-corrected chi connectivity index (χ3v) is 3.04. The van der Waals surface area contributed by atoms with Crippen LogP contribution in [0.4, 0.5) is 10.1 Å². The fourth-order valence-electron chi connectivity index (χ4n) is 1.90. The molecular weight excluding hydrogens is 215 g/mol. The second-order valence-corrected chi connectivity index (χ2v) is 4.09. The molecule has 0 amide bonds. The first-order valence-electron chi connectivity index (χ1n) is 4.90. The fraction of sp³-hybridized carbons (Fsp3) is 0.400. The van der Waals surface area contributed by atoms with E-state index in [1.54, 1.807) is 0 Å². The van der Waals surface area contributed by atoms with Crippen LogP contribution in [-0.2, 0) is 5.54 Å². The average molecular weight is 226 g/mol. The summed E-state index contributed by atoms with van der Waals surface area (Å²) in [5.74, 6) is -1.58. The zero-order valence-corrected chi connectivity index (χ0v) is 8.44. The van der Waals surface area contributed by atoms with Crippen LogP contribution in [0.5, 0.6) is 5.75 Å². The number of non-ortho nitro benzene ring substituents is 1. The topological polar surface area (TPSA) is 89.4 Å². The Labute approximate surface area is 90.8 Å². The predicted molar refractivity (Wildman–Crippen MR) is 54.4 cm³/mol. The van der Waals surface area contributed by atoms with E-state index in [9.17, 15) is 19.6 Å². The van der Waals surface area contributed by atoms with E-state index in [1.165, 1.54) is 0 Å². The molecule has 0 aromatic heterocycles. The Morgan fingerprint density at radius 3 is 2.56 bits per heavy atom. The van der Waals surface area contributed by atoms with Crippen molar-refractivity contribution in [3.8, 4) is 5.75 Å². The van der Waals surface area contributed by atoms with Gasteiger partial charge in [0.2, 0.25) is 0 Å². The van der Waals surface area contributed by atoms with E-state index in [2.05, 4.69) is 0 Å². The summed E-state index contributed by atoms with van der Waals surface area (Å²) in [5.41, 5.74) is 4.83. The maximum atomic E-state index is 13.3. The van der Waals surface area contributed by atoms with Crippen LogP contribution in [0, 0.1) is 15.9 Å². The molecule has 5 nitrogen and oxygen atoms in total. The van der Waals surface area contributed by atoms with E-state index in [0.717, 1.165) is 12.5 Å². The largest absolute Gasteiger partial charge is 0.505 e. The molecule has 1 aliphatic rings. The van der Waals surface area contributed by atoms with E-state index in [-0.39, 0.29) is 11.3 Å². The van der Waals surface area contributed by atoms with Gasteiger partial charge in [-0.3, -0.25) is 10.1 Å². The molecule has 0 unspecified atom stereocenters. The molecule has 1 aromatic rings. The molecule has 0 heterocycles. The lowest BCUT2D eigenvalue weighted by molar-refractivity contribution is -0.385. The molecule has 0 atom stereocenters. The zero-order valence-electron chi connectivity index (χ0n) is 8.44. The highest BCUT2D eigenvalue weighted by Crippen LogP contribution is 2.44. The van der Waals surface area contributed by atoms with Crippen LogP contribution in [0.2, 0.25) is 0 Å². The SMILES string of the molecule is NC1(c2cc([N+](=O)[O-])cc(F)c2O)CCC1. The van der Waals surface area contributed by atoms with Crippen molar-refractivity contribution in [1.29, 1.82) is 0 Å². The first-order valence-corrected chi connectivity index (χ1v) is 4.90. The lowest BCUT2D eigenvalue weighted by Gasteiger charge is -2.38. The summed E-state index contributed by atoms with van der Waals surface area (Å²) in [4.78, 5) is 9.87. The minimum atomic E-state index is -0.999. The Bertz CT molecular complexity index is 458. The van der Waals surface area contributed by atoms with Crippen molar-refractivity contribution >= 4 is 5.69 Å². The maximum Gasteiger partial charge on any atom is 0.272 e. The van der Waals surface area contributed by atoms with Gasteiger partial charge in [0.15, 0.2) is 11.6 Å². The summed E-state index contributed by atoms with van der Waals surface area (Å²) < 4.78 is 13.3. The highest BCUT2D eigenvalue weighted by molar-refractivity contribution is 5.48. The van der Waals surface area contributed by atoms with Gasteiger partial charge in [0, 0.05) is 17.2 Å². The molecule has 1 aromatic carbocycles. The van der Waals surface area contributed by atoms with Gasteiger partial charge in [-0.1, -0.05) is 0 Å². The first-order chi connectivity index (χ1) is 7.44. The predicted octanol–water partition coefficient (Wildman–Crippen LogP) is 1.78. The van der Waals surface area contributed by atoms with Crippen LogP contribution in [0.15, 0.2) is 12.1 Å². The first kappa shape index (κ1) is 10.8. The van der Waals surface area contributed by atoms with Gasteiger partial charge in [-0.05, 0) is 19.3 Å². The van der Waals surface area contributed by atoms with Crippen molar-refractivity contribution < 1.29 is 14.4 Å². The lowest BCUT2D eigenvalue weighted by atomic mass is 9.72. The van der Waals surface area contributed by atoms with Crippen LogP contribution >= 0.6 is 0 Å². The molecule has 3 N–H and O–H groups in total. The molecule has 6 heteroatoms. The number of aromatic hydroxyl groups is 1. The normalized spacial score (nSPS) is 17.9. The molecule has 16 heavy (non-hydrogen) atoms. The number of halogens is 1. The Hall–Kier alpha value is -1.69. The van der Waals surface area contributed by atoms with Gasteiger partial charge < -0.3 is 10.8 Å². The van der Waals surface area contributed by atoms with Crippen LogP contribution in [-0.4, -0.2) is 10.0 Å². The number of benzene rings is 1. The van der Waals surface area contributed by atoms with Gasteiger partial charge in [0.05, 0.1) is 11.0 Å². The van der Waals surface area contributed by atoms with E-state index in [4.69, 9.17) is 5.73 Å². The van der Waals surface area contributed by atoms with Crippen LogP contribution in [0.1, 0.15) is 24.8 Å². The number of nitro groups is 1. The van der Waals surface area contributed by atoms with Gasteiger partial charge >= 0.3 is 0 Å². The Morgan fingerprint density at radius 1 is 1.50 bits per heavy atom. The van der Waals surface area contributed by atoms with E-state index < -0.39 is 22.0 Å². The standard InChI is InChI=1S/C10H11FN2O3/c11-8-5-6(13(15)16)4-7(9(8)14)10(12)2-1-3-10/h4-5,14H,1-3,12H2. The minimum Gasteiger partial charge on any atom is -0.505 e. The molecule has 86 valence electrons. The quantitative estimate of drug-likeness (QED) is 0.594. The third kappa shape index (κ3) is 1.51. The summed E-state index contributed by atoms with van der Waals surface area (Å²) in [6, 6.07) is 1.85. The second kappa shape index (κ2) is 3.41. The Morgan fingerprint density at radius 2 is 2.12 bits per heavy atom. The number of hydrogen-bond acceptors (Lipinski definition) is 4. The number of nitro benzene ring substituents is 1. The molecule has 0 radical (unpaired) electrons. The third-order valence-electron chi connectivity index (χ3n) is 3.04. The van der Waals surface area contributed by atoms with Gasteiger partial charge in [0.25, 0.3) is 5.69 Å². The van der Waals surface area contributed by atoms with Crippen LogP contribution in [0.25, 0.3) is 0 Å².